The largest absolute Gasteiger partial charge is 0.507 e. The zero-order valence-electron chi connectivity index (χ0n) is 15.7. The molecule has 2 N–H and O–H groups in total. The van der Waals surface area contributed by atoms with Crippen molar-refractivity contribution in [3.8, 4) is 5.75 Å². The SMILES string of the molecule is CC(C)(C)c1cc(Nc2ccc([N+](=O)[O-])cc2)cc(C(C)(C)C)c1O. The second-order valence-corrected chi connectivity index (χ2v) is 8.35. The topological polar surface area (TPSA) is 75.4 Å². The second kappa shape index (κ2) is 6.39. The predicted octanol–water partition coefficient (Wildman–Crippen LogP) is 5.64. The summed E-state index contributed by atoms with van der Waals surface area (Å²) in [7, 11) is 0. The van der Waals surface area contributed by atoms with Crippen molar-refractivity contribution in [1.82, 2.24) is 0 Å². The zero-order valence-corrected chi connectivity index (χ0v) is 15.7. The Bertz CT molecular complexity index is 747. The van der Waals surface area contributed by atoms with Gasteiger partial charge in [0.2, 0.25) is 0 Å². The van der Waals surface area contributed by atoms with E-state index < -0.39 is 4.92 Å². The first-order chi connectivity index (χ1) is 11.4. The maximum Gasteiger partial charge on any atom is 0.269 e. The fourth-order valence-electron chi connectivity index (χ4n) is 2.68. The minimum Gasteiger partial charge on any atom is -0.507 e. The van der Waals surface area contributed by atoms with E-state index in [1.54, 1.807) is 12.1 Å². The van der Waals surface area contributed by atoms with Gasteiger partial charge in [0.25, 0.3) is 5.69 Å². The molecule has 5 nitrogen and oxygen atoms in total. The van der Waals surface area contributed by atoms with Crippen molar-refractivity contribution < 1.29 is 10.0 Å². The molecule has 0 saturated heterocycles. The summed E-state index contributed by atoms with van der Waals surface area (Å²) in [5.74, 6) is 0.328. The van der Waals surface area contributed by atoms with E-state index >= 15 is 0 Å². The molecule has 0 aromatic heterocycles. The van der Waals surface area contributed by atoms with Crippen molar-refractivity contribution in [1.29, 1.82) is 0 Å². The highest BCUT2D eigenvalue weighted by Gasteiger charge is 2.26. The lowest BCUT2D eigenvalue weighted by molar-refractivity contribution is -0.384. The van der Waals surface area contributed by atoms with Crippen LogP contribution in [0.2, 0.25) is 0 Å². The zero-order chi connectivity index (χ0) is 19.0. The van der Waals surface area contributed by atoms with Gasteiger partial charge >= 0.3 is 0 Å². The maximum atomic E-state index is 10.8. The summed E-state index contributed by atoms with van der Waals surface area (Å²) in [6.07, 6.45) is 0. The first-order valence-electron chi connectivity index (χ1n) is 8.29. The molecular weight excluding hydrogens is 316 g/mol. The van der Waals surface area contributed by atoms with E-state index in [0.717, 1.165) is 22.5 Å². The molecule has 0 aliphatic rings. The van der Waals surface area contributed by atoms with Gasteiger partial charge in [-0.1, -0.05) is 41.5 Å². The van der Waals surface area contributed by atoms with Gasteiger partial charge in [-0.25, -0.2) is 0 Å². The molecular formula is C20H26N2O3. The Morgan fingerprint density at radius 1 is 0.880 bits per heavy atom. The van der Waals surface area contributed by atoms with Crippen LogP contribution in [0, 0.1) is 10.1 Å². The van der Waals surface area contributed by atoms with Crippen molar-refractivity contribution in [2.75, 3.05) is 5.32 Å². The lowest BCUT2D eigenvalue weighted by atomic mass is 9.79. The summed E-state index contributed by atoms with van der Waals surface area (Å²) < 4.78 is 0. The minimum absolute atomic E-state index is 0.0574. The van der Waals surface area contributed by atoms with Crippen molar-refractivity contribution >= 4 is 17.1 Å². The van der Waals surface area contributed by atoms with Crippen LogP contribution in [0.5, 0.6) is 5.75 Å². The molecule has 0 fully saturated rings. The summed E-state index contributed by atoms with van der Waals surface area (Å²) in [4.78, 5) is 10.4. The Hall–Kier alpha value is -2.56. The van der Waals surface area contributed by atoms with Gasteiger partial charge in [-0.15, -0.1) is 0 Å². The molecule has 0 amide bonds. The number of hydrogen-bond donors (Lipinski definition) is 2. The number of nitro groups is 1. The molecule has 2 aromatic carbocycles. The smallest absolute Gasteiger partial charge is 0.269 e. The van der Waals surface area contributed by atoms with Crippen LogP contribution in [0.15, 0.2) is 36.4 Å². The fraction of sp³-hybridized carbons (Fsp3) is 0.400. The van der Waals surface area contributed by atoms with Gasteiger partial charge in [0.05, 0.1) is 4.92 Å². The summed E-state index contributed by atoms with van der Waals surface area (Å²) in [6, 6.07) is 10.2. The number of hydrogen-bond acceptors (Lipinski definition) is 4. The Labute approximate surface area is 148 Å². The van der Waals surface area contributed by atoms with Crippen LogP contribution in [0.3, 0.4) is 0 Å². The van der Waals surface area contributed by atoms with E-state index in [-0.39, 0.29) is 16.5 Å². The molecule has 0 aliphatic heterocycles. The quantitative estimate of drug-likeness (QED) is 0.430. The van der Waals surface area contributed by atoms with E-state index in [2.05, 4.69) is 46.9 Å². The van der Waals surface area contributed by atoms with Gasteiger partial charge in [-0.3, -0.25) is 10.1 Å². The highest BCUT2D eigenvalue weighted by atomic mass is 16.6. The molecule has 0 radical (unpaired) electrons. The molecule has 0 aliphatic carbocycles. The van der Waals surface area contributed by atoms with Crippen LogP contribution in [0.25, 0.3) is 0 Å². The molecule has 0 atom stereocenters. The van der Waals surface area contributed by atoms with Gasteiger partial charge in [0.15, 0.2) is 0 Å². The third-order valence-corrected chi connectivity index (χ3v) is 4.09. The predicted molar refractivity (Wildman–Crippen MR) is 102 cm³/mol. The summed E-state index contributed by atoms with van der Waals surface area (Å²) in [5.41, 5.74) is 2.97. The average molecular weight is 342 g/mol. The summed E-state index contributed by atoms with van der Waals surface area (Å²) in [5, 5.41) is 24.8. The molecule has 5 heteroatoms. The number of nitrogens with zero attached hydrogens (tertiary/aromatic N) is 1. The third kappa shape index (κ3) is 4.29. The number of benzene rings is 2. The van der Waals surface area contributed by atoms with Gasteiger partial charge in [-0.05, 0) is 35.1 Å². The number of nitrogens with one attached hydrogen (secondary N) is 1. The van der Waals surface area contributed by atoms with Crippen LogP contribution < -0.4 is 5.32 Å². The van der Waals surface area contributed by atoms with Crippen LogP contribution in [0.4, 0.5) is 17.1 Å². The number of phenolic OH excluding ortho intramolecular Hbond substituents is 1. The van der Waals surface area contributed by atoms with E-state index in [4.69, 9.17) is 0 Å². The Balaban J connectivity index is 2.48. The van der Waals surface area contributed by atoms with Gasteiger partial charge in [0.1, 0.15) is 5.75 Å². The van der Waals surface area contributed by atoms with E-state index in [1.165, 1.54) is 12.1 Å². The third-order valence-electron chi connectivity index (χ3n) is 4.09. The molecule has 25 heavy (non-hydrogen) atoms. The maximum absolute atomic E-state index is 10.8. The molecule has 0 bridgehead atoms. The first-order valence-corrected chi connectivity index (χ1v) is 8.29. The highest BCUT2D eigenvalue weighted by Crippen LogP contribution is 2.41. The lowest BCUT2D eigenvalue weighted by Gasteiger charge is -2.28. The molecule has 0 heterocycles. The molecule has 2 rings (SSSR count). The standard InChI is InChI=1S/C20H26N2O3/c1-19(2,3)16-11-14(12-17(18(16)23)20(4,5)6)21-13-7-9-15(10-8-13)22(24)25/h7-12,21,23H,1-6H3. The number of non-ortho nitro benzene ring substituents is 1. The molecule has 0 saturated carbocycles. The first kappa shape index (κ1) is 18.8. The molecule has 134 valence electrons. The van der Waals surface area contributed by atoms with E-state index in [0.29, 0.717) is 5.75 Å². The monoisotopic (exact) mass is 342 g/mol. The highest BCUT2D eigenvalue weighted by molar-refractivity contribution is 5.66. The Kier molecular flexibility index (Phi) is 4.80. The number of rotatable bonds is 3. The van der Waals surface area contributed by atoms with Crippen LogP contribution in [-0.4, -0.2) is 10.0 Å². The lowest BCUT2D eigenvalue weighted by Crippen LogP contribution is -2.17. The van der Waals surface area contributed by atoms with Crippen LogP contribution in [-0.2, 0) is 10.8 Å². The van der Waals surface area contributed by atoms with Crippen molar-refractivity contribution in [2.45, 2.75) is 52.4 Å². The molecule has 2 aromatic rings. The molecule has 0 spiro atoms. The van der Waals surface area contributed by atoms with Crippen LogP contribution in [0.1, 0.15) is 52.7 Å². The summed E-state index contributed by atoms with van der Waals surface area (Å²) in [6.45, 7) is 12.4. The van der Waals surface area contributed by atoms with Gasteiger partial charge in [0, 0.05) is 34.6 Å². The number of nitro benzene ring substituents is 1. The molecule has 0 unspecified atom stereocenters. The Morgan fingerprint density at radius 2 is 1.32 bits per heavy atom. The summed E-state index contributed by atoms with van der Waals surface area (Å²) >= 11 is 0. The van der Waals surface area contributed by atoms with E-state index in [9.17, 15) is 15.2 Å². The average Bonchev–Trinajstić information content (AvgIpc) is 2.47. The van der Waals surface area contributed by atoms with E-state index in [1.807, 2.05) is 12.1 Å². The normalized spacial score (nSPS) is 12.1. The number of phenols is 1. The second-order valence-electron chi connectivity index (χ2n) is 8.35. The van der Waals surface area contributed by atoms with Crippen molar-refractivity contribution in [3.63, 3.8) is 0 Å². The minimum atomic E-state index is -0.417. The number of aromatic hydroxyl groups is 1. The van der Waals surface area contributed by atoms with Crippen molar-refractivity contribution in [2.24, 2.45) is 0 Å². The van der Waals surface area contributed by atoms with Crippen molar-refractivity contribution in [3.05, 3.63) is 57.6 Å². The van der Waals surface area contributed by atoms with Gasteiger partial charge in [-0.2, -0.15) is 0 Å². The fourth-order valence-corrected chi connectivity index (χ4v) is 2.68. The number of anilines is 2. The Morgan fingerprint density at radius 3 is 1.68 bits per heavy atom. The van der Waals surface area contributed by atoms with Crippen LogP contribution >= 0.6 is 0 Å². The van der Waals surface area contributed by atoms with Gasteiger partial charge < -0.3 is 10.4 Å².